The summed E-state index contributed by atoms with van der Waals surface area (Å²) in [5.41, 5.74) is 4.08. The third-order valence-electron chi connectivity index (χ3n) is 8.59. The van der Waals surface area contributed by atoms with Crippen LogP contribution in [-0.2, 0) is 14.6 Å². The van der Waals surface area contributed by atoms with Crippen molar-refractivity contribution in [3.63, 3.8) is 0 Å². The topological polar surface area (TPSA) is 66.8 Å². The molecule has 0 amide bonds. The average Bonchev–Trinajstić information content (AvgIpc) is 3.10. The number of nitrogens with zero attached hydrogens (tertiary/aromatic N) is 1. The fourth-order valence-corrected chi connectivity index (χ4v) is 7.41. The third kappa shape index (κ3) is 9.41. The lowest BCUT2D eigenvalue weighted by molar-refractivity contribution is 0.0929. The van der Waals surface area contributed by atoms with E-state index in [9.17, 15) is 8.42 Å². The second-order valence-electron chi connectivity index (χ2n) is 12.7. The molecule has 3 rings (SSSR count). The Balaban J connectivity index is 0.00000106. The lowest BCUT2D eigenvalue weighted by Crippen LogP contribution is -2.36. The van der Waals surface area contributed by atoms with Gasteiger partial charge in [0.15, 0.2) is 0 Å². The Hall–Kier alpha value is -0.950. The van der Waals surface area contributed by atoms with Gasteiger partial charge in [-0.25, -0.2) is 4.18 Å². The summed E-state index contributed by atoms with van der Waals surface area (Å²) in [6.07, 6.45) is 16.1. The number of allylic oxidation sites excluding steroid dienone is 4. The van der Waals surface area contributed by atoms with Crippen LogP contribution in [0.2, 0.25) is 0 Å². The fraction of sp³-hybridized carbons (Fsp3) is 0.800. The van der Waals surface area contributed by atoms with Crippen molar-refractivity contribution in [1.82, 2.24) is 4.90 Å². The monoisotopic (exact) mass is 523 g/mol. The van der Waals surface area contributed by atoms with Crippen LogP contribution >= 0.6 is 0 Å². The van der Waals surface area contributed by atoms with Crippen LogP contribution in [0.1, 0.15) is 98.3 Å². The minimum atomic E-state index is -4.42. The lowest BCUT2D eigenvalue weighted by Gasteiger charge is -2.44. The molecule has 3 fully saturated rings. The lowest BCUT2D eigenvalue weighted by atomic mass is 9.60. The molecule has 3 aliphatic carbocycles. The molecule has 0 saturated heterocycles. The molecule has 0 spiro atoms. The molecule has 0 unspecified atom stereocenters. The van der Waals surface area contributed by atoms with Gasteiger partial charge in [0.25, 0.3) is 0 Å². The zero-order valence-corrected chi connectivity index (χ0v) is 24.9. The van der Waals surface area contributed by atoms with Gasteiger partial charge in [-0.05, 0) is 101 Å². The Kier molecular flexibility index (Phi) is 11.9. The maximum atomic E-state index is 11.1. The molecule has 0 aromatic rings. The Morgan fingerprint density at radius 2 is 1.78 bits per heavy atom. The van der Waals surface area contributed by atoms with Crippen LogP contribution < -0.4 is 0 Å². The van der Waals surface area contributed by atoms with Gasteiger partial charge in [-0.3, -0.25) is 4.55 Å². The van der Waals surface area contributed by atoms with E-state index in [-0.39, 0.29) is 0 Å². The maximum absolute atomic E-state index is 11.1. The van der Waals surface area contributed by atoms with Crippen molar-refractivity contribution in [3.05, 3.63) is 35.5 Å². The van der Waals surface area contributed by atoms with Crippen molar-refractivity contribution in [2.24, 2.45) is 29.1 Å². The van der Waals surface area contributed by atoms with Crippen LogP contribution in [0.4, 0.5) is 0 Å². The number of fused-ring (bicyclic) bond motifs is 1. The van der Waals surface area contributed by atoms with Gasteiger partial charge in [0.1, 0.15) is 0 Å². The van der Waals surface area contributed by atoms with Gasteiger partial charge >= 0.3 is 10.4 Å². The highest BCUT2D eigenvalue weighted by Gasteiger charge is 2.50. The molecule has 5 nitrogen and oxygen atoms in total. The fourth-order valence-electron chi connectivity index (χ4n) is 6.90. The van der Waals surface area contributed by atoms with Crippen LogP contribution in [0.15, 0.2) is 35.5 Å². The van der Waals surface area contributed by atoms with Crippen LogP contribution in [0.3, 0.4) is 0 Å². The SMILES string of the molecule is C=C1CC[C@H](OS(=O)(=O)O)C/C1=C/C=C1\CCC[C@]2(C)[C@@H]([C@H](C)CCCC(C)C)CC[C@@H]12.CN(C)C. The molecule has 0 bridgehead atoms. The summed E-state index contributed by atoms with van der Waals surface area (Å²) in [6.45, 7) is 13.9. The van der Waals surface area contributed by atoms with Crippen LogP contribution in [-0.4, -0.2) is 45.1 Å². The van der Waals surface area contributed by atoms with Gasteiger partial charge in [0.05, 0.1) is 6.10 Å². The van der Waals surface area contributed by atoms with Crippen molar-refractivity contribution < 1.29 is 17.2 Å². The second kappa shape index (κ2) is 13.7. The van der Waals surface area contributed by atoms with Crippen LogP contribution in [0.25, 0.3) is 0 Å². The van der Waals surface area contributed by atoms with E-state index in [1.165, 1.54) is 44.9 Å². The Morgan fingerprint density at radius 3 is 2.39 bits per heavy atom. The predicted molar refractivity (Wildman–Crippen MR) is 151 cm³/mol. The van der Waals surface area contributed by atoms with Crippen molar-refractivity contribution in [2.75, 3.05) is 21.1 Å². The average molecular weight is 524 g/mol. The van der Waals surface area contributed by atoms with Gasteiger partial charge in [0.2, 0.25) is 0 Å². The molecule has 208 valence electrons. The first-order chi connectivity index (χ1) is 16.7. The van der Waals surface area contributed by atoms with E-state index in [4.69, 9.17) is 8.74 Å². The van der Waals surface area contributed by atoms with Crippen molar-refractivity contribution in [3.8, 4) is 0 Å². The van der Waals surface area contributed by atoms with Gasteiger partial charge in [-0.1, -0.05) is 76.8 Å². The zero-order valence-electron chi connectivity index (χ0n) is 24.1. The molecule has 5 atom stereocenters. The Morgan fingerprint density at radius 1 is 1.11 bits per heavy atom. The summed E-state index contributed by atoms with van der Waals surface area (Å²) in [5, 5.41) is 0. The Labute approximate surface area is 222 Å². The summed E-state index contributed by atoms with van der Waals surface area (Å²) in [6, 6.07) is 0. The second-order valence-corrected chi connectivity index (χ2v) is 13.7. The number of rotatable bonds is 8. The molecular formula is C30H53NO4S. The first-order valence-electron chi connectivity index (χ1n) is 14.1. The molecule has 0 aliphatic heterocycles. The molecule has 0 heterocycles. The highest BCUT2D eigenvalue weighted by Crippen LogP contribution is 2.60. The molecule has 3 aliphatic rings. The smallest absolute Gasteiger partial charge is 0.312 e. The summed E-state index contributed by atoms with van der Waals surface area (Å²) < 4.78 is 36.1. The maximum Gasteiger partial charge on any atom is 0.397 e. The van der Waals surface area contributed by atoms with E-state index >= 15 is 0 Å². The van der Waals surface area contributed by atoms with Crippen LogP contribution in [0.5, 0.6) is 0 Å². The summed E-state index contributed by atoms with van der Waals surface area (Å²) in [7, 11) is 1.58. The van der Waals surface area contributed by atoms with Gasteiger partial charge in [-0.2, -0.15) is 8.42 Å². The van der Waals surface area contributed by atoms with Crippen LogP contribution in [0, 0.1) is 29.1 Å². The minimum Gasteiger partial charge on any atom is -0.312 e. The molecular weight excluding hydrogens is 470 g/mol. The Bertz CT molecular complexity index is 886. The molecule has 3 saturated carbocycles. The number of hydrogen-bond donors (Lipinski definition) is 1. The zero-order chi connectivity index (χ0) is 27.1. The van der Waals surface area contributed by atoms with E-state index in [0.717, 1.165) is 35.3 Å². The first kappa shape index (κ1) is 31.3. The number of hydrogen-bond acceptors (Lipinski definition) is 4. The summed E-state index contributed by atoms with van der Waals surface area (Å²) >= 11 is 0. The van der Waals surface area contributed by atoms with Crippen molar-refractivity contribution in [1.29, 1.82) is 0 Å². The largest absolute Gasteiger partial charge is 0.397 e. The van der Waals surface area contributed by atoms with E-state index in [1.807, 2.05) is 26.0 Å². The molecule has 36 heavy (non-hydrogen) atoms. The van der Waals surface area contributed by atoms with E-state index in [2.05, 4.69) is 46.4 Å². The van der Waals surface area contributed by atoms with E-state index in [0.29, 0.717) is 30.6 Å². The molecule has 0 aromatic carbocycles. The predicted octanol–water partition coefficient (Wildman–Crippen LogP) is 7.62. The van der Waals surface area contributed by atoms with E-state index < -0.39 is 16.5 Å². The van der Waals surface area contributed by atoms with Crippen molar-refractivity contribution in [2.45, 2.75) is 104 Å². The molecule has 6 heteroatoms. The summed E-state index contributed by atoms with van der Waals surface area (Å²) in [5.74, 6) is 3.06. The van der Waals surface area contributed by atoms with Gasteiger partial charge in [0, 0.05) is 6.42 Å². The standard InChI is InChI=1S/C27H44O4S.C3H9N/c1-19(2)8-6-9-21(4)25-15-16-26-22(10-7-17-27(25,26)5)12-13-23-18-24(14-11-20(23)3)31-32(28,29)30;1-4(2)3/h12-13,19,21,24-26H,3,6-11,14-18H2,1-2,4-5H3,(H,28,29,30);1-3H3/b22-12+,23-13-;/t21-,24+,25-,26+,27-;/m1./s1. The molecule has 0 radical (unpaired) electrons. The third-order valence-corrected chi connectivity index (χ3v) is 9.11. The minimum absolute atomic E-state index is 0.403. The molecule has 0 aromatic heterocycles. The molecule has 1 N–H and O–H groups in total. The van der Waals surface area contributed by atoms with E-state index in [1.54, 1.807) is 5.57 Å². The van der Waals surface area contributed by atoms with Gasteiger partial charge in [-0.15, -0.1) is 0 Å². The summed E-state index contributed by atoms with van der Waals surface area (Å²) in [4.78, 5) is 2.00. The quantitative estimate of drug-likeness (QED) is 0.331. The highest BCUT2D eigenvalue weighted by molar-refractivity contribution is 7.80. The van der Waals surface area contributed by atoms with Crippen molar-refractivity contribution >= 4 is 10.4 Å². The normalized spacial score (nSPS) is 32.1. The first-order valence-corrected chi connectivity index (χ1v) is 15.4. The van der Waals surface area contributed by atoms with Gasteiger partial charge < -0.3 is 4.90 Å². The highest BCUT2D eigenvalue weighted by atomic mass is 32.3.